The number of nitriles is 1. The number of hydrogen-bond donors (Lipinski definition) is 0. The number of nitrogens with zero attached hydrogens (tertiary/aromatic N) is 2. The van der Waals surface area contributed by atoms with Gasteiger partial charge in [-0.3, -0.25) is 4.98 Å². The van der Waals surface area contributed by atoms with Crippen molar-refractivity contribution >= 4 is 17.7 Å². The monoisotopic (exact) mass is 178 g/mol. The standard InChI is InChI=1S/C9H7ClN2/c10-8-4-5-9(12-7-8)3-1-2-6-11/h1,3-5,7H,2H2. The lowest BCUT2D eigenvalue weighted by atomic mass is 10.3. The smallest absolute Gasteiger partial charge is 0.0663 e. The second-order valence-corrected chi connectivity index (χ2v) is 2.60. The zero-order valence-electron chi connectivity index (χ0n) is 6.37. The maximum Gasteiger partial charge on any atom is 0.0663 e. The highest BCUT2D eigenvalue weighted by Crippen LogP contribution is 2.07. The van der Waals surface area contributed by atoms with Crippen molar-refractivity contribution in [3.8, 4) is 6.07 Å². The second-order valence-electron chi connectivity index (χ2n) is 2.17. The van der Waals surface area contributed by atoms with Gasteiger partial charge in [0.15, 0.2) is 0 Å². The summed E-state index contributed by atoms with van der Waals surface area (Å²) in [6.45, 7) is 0. The lowest BCUT2D eigenvalue weighted by Crippen LogP contribution is -1.77. The lowest BCUT2D eigenvalue weighted by Gasteiger charge is -1.90. The van der Waals surface area contributed by atoms with Gasteiger partial charge in [0.1, 0.15) is 0 Å². The molecule has 1 aromatic rings. The van der Waals surface area contributed by atoms with E-state index in [4.69, 9.17) is 16.9 Å². The molecule has 2 nitrogen and oxygen atoms in total. The van der Waals surface area contributed by atoms with E-state index in [9.17, 15) is 0 Å². The van der Waals surface area contributed by atoms with E-state index < -0.39 is 0 Å². The van der Waals surface area contributed by atoms with Crippen LogP contribution in [0.2, 0.25) is 5.02 Å². The molecule has 0 amide bonds. The molecule has 0 aliphatic heterocycles. The molecule has 0 aliphatic rings. The molecule has 3 heteroatoms. The molecule has 0 atom stereocenters. The van der Waals surface area contributed by atoms with E-state index in [1.165, 1.54) is 0 Å². The van der Waals surface area contributed by atoms with Crippen molar-refractivity contribution in [2.24, 2.45) is 0 Å². The van der Waals surface area contributed by atoms with E-state index >= 15 is 0 Å². The molecule has 60 valence electrons. The third-order valence-corrected chi connectivity index (χ3v) is 1.47. The molecule has 1 rings (SSSR count). The zero-order chi connectivity index (χ0) is 8.81. The third kappa shape index (κ3) is 2.73. The molecule has 0 spiro atoms. The topological polar surface area (TPSA) is 36.7 Å². The van der Waals surface area contributed by atoms with Crippen LogP contribution in [0.5, 0.6) is 0 Å². The zero-order valence-corrected chi connectivity index (χ0v) is 7.12. The molecule has 0 radical (unpaired) electrons. The van der Waals surface area contributed by atoms with Crippen molar-refractivity contribution in [1.82, 2.24) is 4.98 Å². The summed E-state index contributed by atoms with van der Waals surface area (Å²) in [6.07, 6.45) is 5.54. The fourth-order valence-electron chi connectivity index (χ4n) is 0.718. The molecule has 0 saturated heterocycles. The summed E-state index contributed by atoms with van der Waals surface area (Å²) in [7, 11) is 0. The number of pyridine rings is 1. The Morgan fingerprint density at radius 1 is 1.58 bits per heavy atom. The van der Waals surface area contributed by atoms with Crippen LogP contribution in [-0.2, 0) is 0 Å². The van der Waals surface area contributed by atoms with Crippen LogP contribution < -0.4 is 0 Å². The Balaban J connectivity index is 2.66. The minimum Gasteiger partial charge on any atom is -0.255 e. The lowest BCUT2D eigenvalue weighted by molar-refractivity contribution is 1.29. The van der Waals surface area contributed by atoms with Gasteiger partial charge in [-0.25, -0.2) is 0 Å². The van der Waals surface area contributed by atoms with Crippen LogP contribution in [0.15, 0.2) is 24.4 Å². The summed E-state index contributed by atoms with van der Waals surface area (Å²) in [5.41, 5.74) is 0.814. The average molecular weight is 179 g/mol. The summed E-state index contributed by atoms with van der Waals surface area (Å²) in [5, 5.41) is 8.86. The van der Waals surface area contributed by atoms with E-state index in [1.807, 2.05) is 6.07 Å². The van der Waals surface area contributed by atoms with Gasteiger partial charge in [0.2, 0.25) is 0 Å². The fourth-order valence-corrected chi connectivity index (χ4v) is 0.830. The first-order valence-electron chi connectivity index (χ1n) is 3.48. The highest BCUT2D eigenvalue weighted by atomic mass is 35.5. The van der Waals surface area contributed by atoms with Gasteiger partial charge in [0, 0.05) is 6.20 Å². The van der Waals surface area contributed by atoms with E-state index in [0.29, 0.717) is 11.4 Å². The van der Waals surface area contributed by atoms with Crippen LogP contribution in [0.4, 0.5) is 0 Å². The first kappa shape index (κ1) is 8.76. The van der Waals surface area contributed by atoms with E-state index in [-0.39, 0.29) is 0 Å². The van der Waals surface area contributed by atoms with Crippen molar-refractivity contribution in [3.05, 3.63) is 35.1 Å². The maximum absolute atomic E-state index is 8.25. The van der Waals surface area contributed by atoms with Gasteiger partial charge in [0.25, 0.3) is 0 Å². The van der Waals surface area contributed by atoms with Crippen molar-refractivity contribution in [2.75, 3.05) is 0 Å². The SMILES string of the molecule is N#CCC=Cc1ccc(Cl)cn1. The van der Waals surface area contributed by atoms with Crippen LogP contribution >= 0.6 is 11.6 Å². The molecule has 0 aromatic carbocycles. The first-order chi connectivity index (χ1) is 5.83. The molecule has 0 aliphatic carbocycles. The summed E-state index contributed by atoms with van der Waals surface area (Å²) < 4.78 is 0. The Bertz CT molecular complexity index is 308. The van der Waals surface area contributed by atoms with Gasteiger partial charge in [-0.15, -0.1) is 0 Å². The number of rotatable bonds is 2. The van der Waals surface area contributed by atoms with Crippen LogP contribution in [0.1, 0.15) is 12.1 Å². The Morgan fingerprint density at radius 3 is 3.00 bits per heavy atom. The predicted molar refractivity (Wildman–Crippen MR) is 48.5 cm³/mol. The minimum absolute atomic E-state index is 0.407. The van der Waals surface area contributed by atoms with Gasteiger partial charge in [-0.2, -0.15) is 5.26 Å². The first-order valence-corrected chi connectivity index (χ1v) is 3.86. The number of halogens is 1. The Hall–Kier alpha value is -1.33. The number of allylic oxidation sites excluding steroid dienone is 1. The normalized spacial score (nSPS) is 10.0. The molecule has 0 unspecified atom stereocenters. The van der Waals surface area contributed by atoms with Gasteiger partial charge in [-0.1, -0.05) is 17.7 Å². The Morgan fingerprint density at radius 2 is 2.42 bits per heavy atom. The number of aromatic nitrogens is 1. The van der Waals surface area contributed by atoms with Gasteiger partial charge < -0.3 is 0 Å². The van der Waals surface area contributed by atoms with E-state index in [0.717, 1.165) is 5.69 Å². The highest BCUT2D eigenvalue weighted by molar-refractivity contribution is 6.30. The summed E-state index contributed by atoms with van der Waals surface area (Å²) in [4.78, 5) is 4.02. The van der Waals surface area contributed by atoms with Gasteiger partial charge in [-0.05, 0) is 18.2 Å². The molecule has 0 N–H and O–H groups in total. The highest BCUT2D eigenvalue weighted by Gasteiger charge is 1.87. The predicted octanol–water partition coefficient (Wildman–Crippen LogP) is 2.66. The summed E-state index contributed by atoms with van der Waals surface area (Å²) >= 11 is 5.63. The van der Waals surface area contributed by atoms with Crippen molar-refractivity contribution in [1.29, 1.82) is 5.26 Å². The maximum atomic E-state index is 8.25. The van der Waals surface area contributed by atoms with E-state index in [1.54, 1.807) is 30.5 Å². The molecular formula is C9H7ClN2. The van der Waals surface area contributed by atoms with E-state index in [2.05, 4.69) is 4.98 Å². The van der Waals surface area contributed by atoms with Gasteiger partial charge in [0.05, 0.1) is 23.2 Å². The average Bonchev–Trinajstić information content (AvgIpc) is 2.09. The third-order valence-electron chi connectivity index (χ3n) is 1.25. The fraction of sp³-hybridized carbons (Fsp3) is 0.111. The molecule has 0 fully saturated rings. The largest absolute Gasteiger partial charge is 0.255 e. The molecule has 0 bridgehead atoms. The van der Waals surface area contributed by atoms with Crippen LogP contribution in [0.25, 0.3) is 6.08 Å². The van der Waals surface area contributed by atoms with Crippen molar-refractivity contribution in [2.45, 2.75) is 6.42 Å². The van der Waals surface area contributed by atoms with Crippen LogP contribution in [0, 0.1) is 11.3 Å². The Kier molecular flexibility index (Phi) is 3.31. The minimum atomic E-state index is 0.407. The van der Waals surface area contributed by atoms with Crippen molar-refractivity contribution < 1.29 is 0 Å². The van der Waals surface area contributed by atoms with Crippen LogP contribution in [-0.4, -0.2) is 4.98 Å². The number of hydrogen-bond acceptors (Lipinski definition) is 2. The van der Waals surface area contributed by atoms with Crippen LogP contribution in [0.3, 0.4) is 0 Å². The molecule has 1 aromatic heterocycles. The quantitative estimate of drug-likeness (QED) is 0.698. The summed E-state index contributed by atoms with van der Waals surface area (Å²) in [5.74, 6) is 0. The molecule has 12 heavy (non-hydrogen) atoms. The molecule has 1 heterocycles. The molecular weight excluding hydrogens is 172 g/mol. The second kappa shape index (κ2) is 4.53. The molecule has 0 saturated carbocycles. The van der Waals surface area contributed by atoms with Gasteiger partial charge >= 0.3 is 0 Å². The summed E-state index contributed by atoms with van der Waals surface area (Å²) in [6, 6.07) is 5.57. The van der Waals surface area contributed by atoms with Crippen molar-refractivity contribution in [3.63, 3.8) is 0 Å². The Labute approximate surface area is 76.1 Å².